The van der Waals surface area contributed by atoms with Gasteiger partial charge in [-0.15, -0.1) is 0 Å². The maximum absolute atomic E-state index is 11.1. The third-order valence-electron chi connectivity index (χ3n) is 1.76. The first-order valence-corrected chi connectivity index (χ1v) is 5.08. The van der Waals surface area contributed by atoms with E-state index in [1.54, 1.807) is 24.3 Å². The minimum Gasteiger partial charge on any atom is -0.479 e. The standard InChI is InChI=1S/C10H11ClN2O4/c11-8-4-2-1-3-7(8)5-12-10(16)13-17-6-9(14)15/h1-4H,5-6H2,(H,14,15)(H2,12,13,16). The normalized spacial score (nSPS) is 9.71. The van der Waals surface area contributed by atoms with E-state index >= 15 is 0 Å². The van der Waals surface area contributed by atoms with Gasteiger partial charge >= 0.3 is 12.0 Å². The molecule has 0 aliphatic heterocycles. The van der Waals surface area contributed by atoms with Crippen LogP contribution in [0, 0.1) is 0 Å². The number of nitrogens with one attached hydrogen (secondary N) is 2. The molecule has 17 heavy (non-hydrogen) atoms. The maximum atomic E-state index is 11.1. The highest BCUT2D eigenvalue weighted by Crippen LogP contribution is 2.13. The molecule has 1 aromatic carbocycles. The number of hydroxylamine groups is 1. The third-order valence-corrected chi connectivity index (χ3v) is 2.13. The summed E-state index contributed by atoms with van der Waals surface area (Å²) in [5.74, 6) is -1.17. The van der Waals surface area contributed by atoms with E-state index in [0.717, 1.165) is 5.56 Å². The average molecular weight is 259 g/mol. The Bertz CT molecular complexity index is 411. The fraction of sp³-hybridized carbons (Fsp3) is 0.200. The number of aliphatic carboxylic acids is 1. The molecule has 0 spiro atoms. The summed E-state index contributed by atoms with van der Waals surface area (Å²) >= 11 is 5.87. The van der Waals surface area contributed by atoms with Gasteiger partial charge in [0.1, 0.15) is 0 Å². The van der Waals surface area contributed by atoms with Crippen molar-refractivity contribution in [2.75, 3.05) is 6.61 Å². The highest BCUT2D eigenvalue weighted by Gasteiger charge is 2.04. The van der Waals surface area contributed by atoms with Crippen LogP contribution in [-0.4, -0.2) is 23.7 Å². The first-order valence-electron chi connectivity index (χ1n) is 4.70. The van der Waals surface area contributed by atoms with Gasteiger partial charge in [0, 0.05) is 11.6 Å². The lowest BCUT2D eigenvalue weighted by atomic mass is 10.2. The van der Waals surface area contributed by atoms with Crippen molar-refractivity contribution in [2.45, 2.75) is 6.54 Å². The van der Waals surface area contributed by atoms with Crippen molar-refractivity contribution >= 4 is 23.6 Å². The fourth-order valence-corrected chi connectivity index (χ4v) is 1.22. The summed E-state index contributed by atoms with van der Waals surface area (Å²) in [7, 11) is 0. The largest absolute Gasteiger partial charge is 0.479 e. The van der Waals surface area contributed by atoms with Gasteiger partial charge in [-0.1, -0.05) is 29.8 Å². The van der Waals surface area contributed by atoms with Crippen molar-refractivity contribution < 1.29 is 19.5 Å². The van der Waals surface area contributed by atoms with Crippen LogP contribution in [0.1, 0.15) is 5.56 Å². The van der Waals surface area contributed by atoms with Crippen LogP contribution in [0.25, 0.3) is 0 Å². The van der Waals surface area contributed by atoms with Crippen molar-refractivity contribution in [3.05, 3.63) is 34.9 Å². The lowest BCUT2D eigenvalue weighted by Gasteiger charge is -2.07. The number of benzene rings is 1. The van der Waals surface area contributed by atoms with Crippen LogP contribution in [0.2, 0.25) is 5.02 Å². The van der Waals surface area contributed by atoms with Crippen molar-refractivity contribution in [3.8, 4) is 0 Å². The molecule has 7 heteroatoms. The predicted molar refractivity (Wildman–Crippen MR) is 60.4 cm³/mol. The highest BCUT2D eigenvalue weighted by molar-refractivity contribution is 6.31. The molecule has 3 N–H and O–H groups in total. The number of carboxylic acid groups (broad SMARTS) is 1. The minimum absolute atomic E-state index is 0.224. The van der Waals surface area contributed by atoms with Gasteiger partial charge in [0.05, 0.1) is 0 Å². The number of hydrogen-bond donors (Lipinski definition) is 3. The van der Waals surface area contributed by atoms with Crippen LogP contribution in [0.3, 0.4) is 0 Å². The zero-order valence-electron chi connectivity index (χ0n) is 8.77. The molecular formula is C10H11ClN2O4. The first-order chi connectivity index (χ1) is 8.09. The van der Waals surface area contributed by atoms with Crippen LogP contribution in [0.15, 0.2) is 24.3 Å². The van der Waals surface area contributed by atoms with Crippen molar-refractivity contribution in [2.24, 2.45) is 0 Å². The Morgan fingerprint density at radius 1 is 1.35 bits per heavy atom. The molecule has 2 amide bonds. The van der Waals surface area contributed by atoms with Gasteiger partial charge in [0.15, 0.2) is 6.61 Å². The van der Waals surface area contributed by atoms with Crippen LogP contribution < -0.4 is 10.8 Å². The molecule has 1 rings (SSSR count). The molecule has 0 aliphatic rings. The Kier molecular flexibility index (Phi) is 5.25. The van der Waals surface area contributed by atoms with E-state index in [1.165, 1.54) is 0 Å². The Balaban J connectivity index is 2.29. The molecule has 0 unspecified atom stereocenters. The van der Waals surface area contributed by atoms with Gasteiger partial charge in [-0.25, -0.2) is 15.1 Å². The number of hydrogen-bond acceptors (Lipinski definition) is 3. The van der Waals surface area contributed by atoms with Gasteiger partial charge in [0.2, 0.25) is 0 Å². The van der Waals surface area contributed by atoms with Crippen molar-refractivity contribution in [1.82, 2.24) is 10.8 Å². The molecule has 0 bridgehead atoms. The Hall–Kier alpha value is -1.79. The zero-order chi connectivity index (χ0) is 12.7. The molecule has 0 heterocycles. The molecular weight excluding hydrogens is 248 g/mol. The molecule has 0 fully saturated rings. The first kappa shape index (κ1) is 13.3. The predicted octanol–water partition coefficient (Wildman–Crippen LogP) is 1.16. The number of urea groups is 1. The van der Waals surface area contributed by atoms with Gasteiger partial charge in [-0.3, -0.25) is 4.84 Å². The second-order valence-electron chi connectivity index (χ2n) is 3.06. The van der Waals surface area contributed by atoms with E-state index in [1.807, 2.05) is 5.48 Å². The molecule has 0 aromatic heterocycles. The van der Waals surface area contributed by atoms with Crippen LogP contribution in [0.5, 0.6) is 0 Å². The second kappa shape index (κ2) is 6.72. The molecule has 0 atom stereocenters. The van der Waals surface area contributed by atoms with Gasteiger partial charge in [0.25, 0.3) is 0 Å². The summed E-state index contributed by atoms with van der Waals surface area (Å²) in [6.07, 6.45) is 0. The highest BCUT2D eigenvalue weighted by atomic mass is 35.5. The van der Waals surface area contributed by atoms with Crippen LogP contribution in [0.4, 0.5) is 4.79 Å². The number of amides is 2. The average Bonchev–Trinajstić information content (AvgIpc) is 2.27. The fourth-order valence-electron chi connectivity index (χ4n) is 1.02. The smallest absolute Gasteiger partial charge is 0.338 e. The SMILES string of the molecule is O=C(O)CONC(=O)NCc1ccccc1Cl. The molecule has 92 valence electrons. The molecule has 0 radical (unpaired) electrons. The van der Waals surface area contributed by atoms with Gasteiger partial charge in [-0.05, 0) is 11.6 Å². The van der Waals surface area contributed by atoms with E-state index in [9.17, 15) is 9.59 Å². The van der Waals surface area contributed by atoms with Gasteiger partial charge in [-0.2, -0.15) is 0 Å². The number of rotatable bonds is 5. The van der Waals surface area contributed by atoms with Crippen molar-refractivity contribution in [1.29, 1.82) is 0 Å². The summed E-state index contributed by atoms with van der Waals surface area (Å²) in [6.45, 7) is -0.374. The van der Waals surface area contributed by atoms with E-state index < -0.39 is 18.6 Å². The van der Waals surface area contributed by atoms with E-state index in [2.05, 4.69) is 10.2 Å². The van der Waals surface area contributed by atoms with E-state index in [0.29, 0.717) is 5.02 Å². The van der Waals surface area contributed by atoms with Crippen LogP contribution in [-0.2, 0) is 16.2 Å². The summed E-state index contributed by atoms with van der Waals surface area (Å²) in [4.78, 5) is 25.6. The third kappa shape index (κ3) is 5.19. The summed E-state index contributed by atoms with van der Waals surface area (Å²) in [5, 5.41) is 11.3. The second-order valence-corrected chi connectivity index (χ2v) is 3.47. The lowest BCUT2D eigenvalue weighted by molar-refractivity contribution is -0.144. The summed E-state index contributed by atoms with van der Waals surface area (Å²) < 4.78 is 0. The quantitative estimate of drug-likeness (QED) is 0.692. The summed E-state index contributed by atoms with van der Waals surface area (Å²) in [6, 6.07) is 6.41. The Morgan fingerprint density at radius 2 is 2.06 bits per heavy atom. The molecule has 0 aliphatic carbocycles. The number of carbonyl (C=O) groups is 2. The number of carboxylic acids is 1. The summed E-state index contributed by atoms with van der Waals surface area (Å²) in [5.41, 5.74) is 2.68. The van der Waals surface area contributed by atoms with E-state index in [-0.39, 0.29) is 6.54 Å². The lowest BCUT2D eigenvalue weighted by Crippen LogP contribution is -2.36. The number of carbonyl (C=O) groups excluding carboxylic acids is 1. The van der Waals surface area contributed by atoms with Crippen LogP contribution >= 0.6 is 11.6 Å². The molecule has 0 saturated carbocycles. The topological polar surface area (TPSA) is 87.7 Å². The van der Waals surface area contributed by atoms with Crippen molar-refractivity contribution in [3.63, 3.8) is 0 Å². The molecule has 0 saturated heterocycles. The zero-order valence-corrected chi connectivity index (χ0v) is 9.53. The number of halogens is 1. The van der Waals surface area contributed by atoms with Gasteiger partial charge < -0.3 is 10.4 Å². The Labute approximate surface area is 102 Å². The van der Waals surface area contributed by atoms with E-state index in [4.69, 9.17) is 16.7 Å². The molecule has 6 nitrogen and oxygen atoms in total. The monoisotopic (exact) mass is 258 g/mol. The Morgan fingerprint density at radius 3 is 2.71 bits per heavy atom. The molecule has 1 aromatic rings. The minimum atomic E-state index is -1.17. The maximum Gasteiger partial charge on any atom is 0.338 e.